The van der Waals surface area contributed by atoms with Crippen LogP contribution in [0, 0.1) is 11.8 Å². The summed E-state index contributed by atoms with van der Waals surface area (Å²) >= 11 is 0. The van der Waals surface area contributed by atoms with Crippen LogP contribution in [0.5, 0.6) is 0 Å². The molecule has 0 saturated heterocycles. The van der Waals surface area contributed by atoms with Crippen molar-refractivity contribution in [2.24, 2.45) is 16.8 Å². The van der Waals surface area contributed by atoms with Gasteiger partial charge in [-0.3, -0.25) is 4.99 Å². The minimum Gasteiger partial charge on any atom is -0.356 e. The maximum absolute atomic E-state index is 4.36. The van der Waals surface area contributed by atoms with Crippen LogP contribution in [0.25, 0.3) is 0 Å². The number of halogens is 1. The summed E-state index contributed by atoms with van der Waals surface area (Å²) in [4.78, 5) is 4.36. The second-order valence-corrected chi connectivity index (χ2v) is 6.49. The van der Waals surface area contributed by atoms with E-state index in [1.54, 1.807) is 11.1 Å². The fourth-order valence-corrected chi connectivity index (χ4v) is 4.10. The normalized spacial score (nSPS) is 28.8. The van der Waals surface area contributed by atoms with Crippen LogP contribution < -0.4 is 10.6 Å². The molecule has 0 spiro atoms. The molecular weight excluding hydrogens is 385 g/mol. The number of aliphatic imine (C=N–C) groups is 1. The van der Waals surface area contributed by atoms with Gasteiger partial charge in [0.25, 0.3) is 0 Å². The summed E-state index contributed by atoms with van der Waals surface area (Å²) in [7, 11) is 1.86. The molecule has 4 rings (SSSR count). The zero-order valence-electron chi connectivity index (χ0n) is 13.0. The maximum Gasteiger partial charge on any atom is 0.191 e. The Labute approximate surface area is 149 Å². The molecule has 1 aromatic carbocycles. The molecule has 1 fully saturated rings. The highest BCUT2D eigenvalue weighted by atomic mass is 127. The number of guanidine groups is 1. The van der Waals surface area contributed by atoms with E-state index in [9.17, 15) is 0 Å². The van der Waals surface area contributed by atoms with Gasteiger partial charge in [0, 0.05) is 19.6 Å². The Hall–Kier alpha value is -1.04. The van der Waals surface area contributed by atoms with E-state index in [0.29, 0.717) is 6.04 Å². The first-order chi connectivity index (χ1) is 10.4. The van der Waals surface area contributed by atoms with E-state index >= 15 is 0 Å². The van der Waals surface area contributed by atoms with Crippen molar-refractivity contribution in [1.82, 2.24) is 10.6 Å². The van der Waals surface area contributed by atoms with Crippen LogP contribution in [0.2, 0.25) is 0 Å². The number of fused-ring (bicyclic) bond motifs is 3. The van der Waals surface area contributed by atoms with E-state index in [4.69, 9.17) is 0 Å². The predicted molar refractivity (Wildman–Crippen MR) is 102 cm³/mol. The summed E-state index contributed by atoms with van der Waals surface area (Å²) in [6, 6.07) is 9.47. The largest absolute Gasteiger partial charge is 0.356 e. The van der Waals surface area contributed by atoms with Crippen LogP contribution >= 0.6 is 24.0 Å². The lowest BCUT2D eigenvalue weighted by atomic mass is 10.0. The molecule has 0 aliphatic heterocycles. The minimum atomic E-state index is 0. The average molecular weight is 409 g/mol. The van der Waals surface area contributed by atoms with Crippen molar-refractivity contribution in [3.63, 3.8) is 0 Å². The van der Waals surface area contributed by atoms with Crippen LogP contribution in [0.4, 0.5) is 0 Å². The molecule has 3 aliphatic carbocycles. The van der Waals surface area contributed by atoms with Gasteiger partial charge in [0.15, 0.2) is 5.96 Å². The summed E-state index contributed by atoms with van der Waals surface area (Å²) in [6.45, 7) is 1.05. The minimum absolute atomic E-state index is 0. The molecule has 3 atom stereocenters. The quantitative estimate of drug-likeness (QED) is 0.349. The molecule has 0 aromatic heterocycles. The first kappa shape index (κ1) is 15.8. The van der Waals surface area contributed by atoms with Crippen molar-refractivity contribution in [2.45, 2.75) is 31.2 Å². The van der Waals surface area contributed by atoms with Gasteiger partial charge in [-0.05, 0) is 48.1 Å². The van der Waals surface area contributed by atoms with E-state index < -0.39 is 0 Å². The summed E-state index contributed by atoms with van der Waals surface area (Å²) in [5.74, 6) is 3.41. The Kier molecular flexibility index (Phi) is 4.76. The molecule has 0 bridgehead atoms. The Morgan fingerprint density at radius 3 is 2.77 bits per heavy atom. The number of nitrogens with one attached hydrogen (secondary N) is 2. The monoisotopic (exact) mass is 409 g/mol. The highest BCUT2D eigenvalue weighted by molar-refractivity contribution is 14.0. The first-order valence-corrected chi connectivity index (χ1v) is 8.07. The zero-order valence-corrected chi connectivity index (χ0v) is 15.3. The van der Waals surface area contributed by atoms with E-state index in [-0.39, 0.29) is 24.0 Å². The average Bonchev–Trinajstić information content (AvgIpc) is 2.90. The summed E-state index contributed by atoms with van der Waals surface area (Å²) in [5.41, 5.74) is 3.17. The van der Waals surface area contributed by atoms with Crippen molar-refractivity contribution < 1.29 is 0 Å². The molecule has 2 N–H and O–H groups in total. The van der Waals surface area contributed by atoms with Crippen molar-refractivity contribution >= 4 is 29.9 Å². The van der Waals surface area contributed by atoms with Crippen LogP contribution in [-0.4, -0.2) is 25.6 Å². The van der Waals surface area contributed by atoms with Crippen molar-refractivity contribution in [2.75, 3.05) is 13.6 Å². The molecule has 4 heteroatoms. The molecule has 3 unspecified atom stereocenters. The molecule has 0 amide bonds. The molecule has 118 valence electrons. The zero-order chi connectivity index (χ0) is 14.2. The van der Waals surface area contributed by atoms with Crippen molar-refractivity contribution in [1.29, 1.82) is 0 Å². The summed E-state index contributed by atoms with van der Waals surface area (Å²) in [6.07, 6.45) is 7.98. The standard InChI is InChI=1S/C18H23N3.HI/c1-19-18(21-13-7-3-4-8-13)20-11-16-15-10-12-6-2-5-9-14(12)17(15)16;/h2-6,9,13,15-17H,7-8,10-11H2,1H3,(H2,19,20,21);1H. The molecule has 0 heterocycles. The molecule has 3 aliphatic rings. The third-order valence-electron chi connectivity index (χ3n) is 5.28. The lowest BCUT2D eigenvalue weighted by Gasteiger charge is -2.17. The summed E-state index contributed by atoms with van der Waals surface area (Å²) < 4.78 is 0. The van der Waals surface area contributed by atoms with Gasteiger partial charge in [-0.15, -0.1) is 24.0 Å². The Bertz CT molecular complexity index is 588. The lowest BCUT2D eigenvalue weighted by Crippen LogP contribution is -2.43. The molecule has 0 radical (unpaired) electrons. The molecular formula is C18H24IN3. The van der Waals surface area contributed by atoms with Gasteiger partial charge in [-0.25, -0.2) is 0 Å². The van der Waals surface area contributed by atoms with Gasteiger partial charge in [0.1, 0.15) is 0 Å². The number of hydrogen-bond acceptors (Lipinski definition) is 1. The third-order valence-corrected chi connectivity index (χ3v) is 5.28. The molecule has 3 nitrogen and oxygen atoms in total. The topological polar surface area (TPSA) is 36.4 Å². The van der Waals surface area contributed by atoms with Crippen molar-refractivity contribution in [3.8, 4) is 0 Å². The fraction of sp³-hybridized carbons (Fsp3) is 0.500. The second-order valence-electron chi connectivity index (χ2n) is 6.49. The van der Waals surface area contributed by atoms with Gasteiger partial charge in [-0.2, -0.15) is 0 Å². The van der Waals surface area contributed by atoms with Crippen LogP contribution in [0.1, 0.15) is 29.9 Å². The van der Waals surface area contributed by atoms with Gasteiger partial charge < -0.3 is 10.6 Å². The predicted octanol–water partition coefficient (Wildman–Crippen LogP) is 3.07. The first-order valence-electron chi connectivity index (χ1n) is 8.07. The number of hydrogen-bond donors (Lipinski definition) is 2. The smallest absolute Gasteiger partial charge is 0.191 e. The Morgan fingerprint density at radius 2 is 2.00 bits per heavy atom. The highest BCUT2D eigenvalue weighted by Crippen LogP contribution is 2.60. The lowest BCUT2D eigenvalue weighted by molar-refractivity contribution is 0.611. The molecule has 1 aromatic rings. The van der Waals surface area contributed by atoms with Gasteiger partial charge >= 0.3 is 0 Å². The van der Waals surface area contributed by atoms with Gasteiger partial charge in [-0.1, -0.05) is 36.4 Å². The summed E-state index contributed by atoms with van der Waals surface area (Å²) in [5, 5.41) is 7.04. The maximum atomic E-state index is 4.36. The van der Waals surface area contributed by atoms with E-state index in [1.165, 1.54) is 6.42 Å². The number of nitrogens with zero attached hydrogens (tertiary/aromatic N) is 1. The van der Waals surface area contributed by atoms with E-state index in [0.717, 1.165) is 43.1 Å². The third kappa shape index (κ3) is 2.90. The van der Waals surface area contributed by atoms with Crippen molar-refractivity contribution in [3.05, 3.63) is 47.5 Å². The van der Waals surface area contributed by atoms with Gasteiger partial charge in [0.2, 0.25) is 0 Å². The Morgan fingerprint density at radius 1 is 1.23 bits per heavy atom. The second kappa shape index (κ2) is 6.60. The van der Waals surface area contributed by atoms with Crippen LogP contribution in [0.15, 0.2) is 41.4 Å². The van der Waals surface area contributed by atoms with Gasteiger partial charge in [0.05, 0.1) is 0 Å². The van der Waals surface area contributed by atoms with E-state index in [2.05, 4.69) is 52.0 Å². The number of benzene rings is 1. The highest BCUT2D eigenvalue weighted by Gasteiger charge is 2.54. The van der Waals surface area contributed by atoms with Crippen LogP contribution in [0.3, 0.4) is 0 Å². The molecule has 22 heavy (non-hydrogen) atoms. The van der Waals surface area contributed by atoms with E-state index in [1.807, 2.05) is 7.05 Å². The Balaban J connectivity index is 0.00000144. The molecule has 1 saturated carbocycles. The van der Waals surface area contributed by atoms with Crippen LogP contribution in [-0.2, 0) is 6.42 Å². The fourth-order valence-electron chi connectivity index (χ4n) is 4.10. The number of rotatable bonds is 3. The SMILES string of the molecule is CN=C(NCC1C2Cc3ccccc3C12)NC1CC=CC1.I.